The number of aryl methyl sites for hydroxylation is 1. The lowest BCUT2D eigenvalue weighted by molar-refractivity contribution is 0.246. The molecule has 0 spiro atoms. The minimum absolute atomic E-state index is 0.206. The van der Waals surface area contributed by atoms with Gasteiger partial charge >= 0.3 is 6.03 Å². The summed E-state index contributed by atoms with van der Waals surface area (Å²) in [6.45, 7) is 2.60. The van der Waals surface area contributed by atoms with Gasteiger partial charge in [-0.15, -0.1) is 0 Å². The Bertz CT molecular complexity index is 1100. The predicted octanol–water partition coefficient (Wildman–Crippen LogP) is 6.06. The maximum Gasteiger partial charge on any atom is 0.319 e. The van der Waals surface area contributed by atoms with Crippen LogP contribution in [-0.2, 0) is 0 Å². The Labute approximate surface area is 200 Å². The minimum atomic E-state index is -0.206. The Morgan fingerprint density at radius 3 is 2.58 bits per heavy atom. The van der Waals surface area contributed by atoms with Crippen LogP contribution in [0.15, 0.2) is 48.5 Å². The minimum Gasteiger partial charge on any atom is -0.377 e. The molecular weight excluding hydrogens is 434 g/mol. The molecule has 1 aliphatic rings. The first-order valence-corrected chi connectivity index (χ1v) is 11.9. The number of urea groups is 1. The van der Waals surface area contributed by atoms with Crippen LogP contribution in [0.1, 0.15) is 31.2 Å². The molecule has 0 atom stereocenters. The summed E-state index contributed by atoms with van der Waals surface area (Å²) >= 11 is 6.21. The molecule has 3 aromatic rings. The van der Waals surface area contributed by atoms with Crippen molar-refractivity contribution >= 4 is 45.7 Å². The van der Waals surface area contributed by atoms with Crippen molar-refractivity contribution < 1.29 is 4.79 Å². The first-order chi connectivity index (χ1) is 15.9. The highest BCUT2D eigenvalue weighted by Gasteiger charge is 2.22. The number of nitrogens with one attached hydrogen (secondary N) is 3. The molecule has 0 aliphatic heterocycles. The van der Waals surface area contributed by atoms with E-state index in [0.717, 1.165) is 48.0 Å². The van der Waals surface area contributed by atoms with Gasteiger partial charge in [-0.1, -0.05) is 41.9 Å². The maximum atomic E-state index is 12.4. The predicted molar refractivity (Wildman–Crippen MR) is 139 cm³/mol. The number of carbonyl (C=O) groups is 1. The number of nitrogens with zero attached hydrogens (tertiary/aromatic N) is 2. The molecular formula is C26H32ClN5O. The van der Waals surface area contributed by atoms with Crippen LogP contribution in [-0.4, -0.2) is 37.7 Å². The van der Waals surface area contributed by atoms with Crippen molar-refractivity contribution in [1.82, 2.24) is 10.3 Å². The summed E-state index contributed by atoms with van der Waals surface area (Å²) in [6, 6.07) is 16.2. The normalized spacial score (nSPS) is 18.1. The molecule has 1 fully saturated rings. The summed E-state index contributed by atoms with van der Waals surface area (Å²) in [6.07, 6.45) is 4.25. The molecule has 0 bridgehead atoms. The summed E-state index contributed by atoms with van der Waals surface area (Å²) in [5, 5.41) is 11.3. The van der Waals surface area contributed by atoms with Gasteiger partial charge in [-0.05, 0) is 56.2 Å². The molecule has 4 rings (SSSR count). The van der Waals surface area contributed by atoms with Crippen molar-refractivity contribution in [3.05, 3.63) is 59.1 Å². The van der Waals surface area contributed by atoms with Crippen molar-refractivity contribution in [3.8, 4) is 0 Å². The summed E-state index contributed by atoms with van der Waals surface area (Å²) in [7, 11) is 4.12. The highest BCUT2D eigenvalue weighted by Crippen LogP contribution is 2.30. The van der Waals surface area contributed by atoms with E-state index in [1.165, 1.54) is 5.69 Å². The van der Waals surface area contributed by atoms with Crippen LogP contribution in [0.5, 0.6) is 0 Å². The van der Waals surface area contributed by atoms with E-state index in [9.17, 15) is 4.79 Å². The van der Waals surface area contributed by atoms with E-state index < -0.39 is 0 Å². The Kier molecular flexibility index (Phi) is 7.23. The van der Waals surface area contributed by atoms with E-state index in [1.54, 1.807) is 6.07 Å². The van der Waals surface area contributed by atoms with Crippen LogP contribution in [0.25, 0.3) is 10.9 Å². The van der Waals surface area contributed by atoms with E-state index in [2.05, 4.69) is 59.2 Å². The summed E-state index contributed by atoms with van der Waals surface area (Å²) in [4.78, 5) is 19.3. The molecule has 1 saturated carbocycles. The smallest absolute Gasteiger partial charge is 0.319 e. The van der Waals surface area contributed by atoms with E-state index in [1.807, 2.05) is 25.1 Å². The van der Waals surface area contributed by atoms with E-state index >= 15 is 0 Å². The molecule has 1 aromatic heterocycles. The van der Waals surface area contributed by atoms with Gasteiger partial charge in [-0.3, -0.25) is 0 Å². The van der Waals surface area contributed by atoms with Crippen molar-refractivity contribution in [3.63, 3.8) is 0 Å². The Morgan fingerprint density at radius 1 is 1.09 bits per heavy atom. The summed E-state index contributed by atoms with van der Waals surface area (Å²) in [5.41, 5.74) is 3.79. The van der Waals surface area contributed by atoms with Gasteiger partial charge in [0.15, 0.2) is 0 Å². The first-order valence-electron chi connectivity index (χ1n) is 11.5. The summed E-state index contributed by atoms with van der Waals surface area (Å²) in [5.74, 6) is 1.40. The zero-order valence-corrected chi connectivity index (χ0v) is 20.2. The SMILES string of the molecule is Cc1cccc(Cl)c1NC(=O)NC[C@H]1CC[C@@H](Nc2cc(N(C)C)c3ccccc3n2)CC1. The fraction of sp³-hybridized carbons (Fsp3) is 0.385. The van der Waals surface area contributed by atoms with Gasteiger partial charge in [-0.2, -0.15) is 0 Å². The van der Waals surface area contributed by atoms with Gasteiger partial charge in [0.1, 0.15) is 5.82 Å². The highest BCUT2D eigenvalue weighted by molar-refractivity contribution is 6.33. The molecule has 2 amide bonds. The lowest BCUT2D eigenvalue weighted by Crippen LogP contribution is -2.36. The van der Waals surface area contributed by atoms with Gasteiger partial charge in [0.2, 0.25) is 0 Å². The number of pyridine rings is 1. The molecule has 1 heterocycles. The molecule has 3 N–H and O–H groups in total. The van der Waals surface area contributed by atoms with Crippen molar-refractivity contribution in [1.29, 1.82) is 0 Å². The zero-order valence-electron chi connectivity index (χ0n) is 19.5. The number of benzene rings is 2. The fourth-order valence-corrected chi connectivity index (χ4v) is 4.78. The number of anilines is 3. The average molecular weight is 466 g/mol. The lowest BCUT2D eigenvalue weighted by atomic mass is 9.86. The van der Waals surface area contributed by atoms with Crippen LogP contribution in [0.4, 0.5) is 22.0 Å². The zero-order chi connectivity index (χ0) is 23.4. The first kappa shape index (κ1) is 23.2. The van der Waals surface area contributed by atoms with E-state index in [0.29, 0.717) is 29.2 Å². The molecule has 174 valence electrons. The third-order valence-corrected chi connectivity index (χ3v) is 6.70. The number of fused-ring (bicyclic) bond motifs is 1. The molecule has 7 heteroatoms. The van der Waals surface area contributed by atoms with Crippen LogP contribution in [0, 0.1) is 12.8 Å². The number of amides is 2. The van der Waals surface area contributed by atoms with Gasteiger partial charge in [0.05, 0.1) is 16.2 Å². The molecule has 2 aromatic carbocycles. The van der Waals surface area contributed by atoms with Crippen molar-refractivity contribution in [2.45, 2.75) is 38.6 Å². The monoisotopic (exact) mass is 465 g/mol. The second-order valence-corrected chi connectivity index (χ2v) is 9.47. The Balaban J connectivity index is 1.28. The number of carbonyl (C=O) groups excluding carboxylic acids is 1. The molecule has 1 aliphatic carbocycles. The second kappa shape index (κ2) is 10.3. The quantitative estimate of drug-likeness (QED) is 0.414. The van der Waals surface area contributed by atoms with Crippen LogP contribution < -0.4 is 20.9 Å². The number of aromatic nitrogens is 1. The third kappa shape index (κ3) is 5.69. The van der Waals surface area contributed by atoms with Gasteiger partial charge in [0.25, 0.3) is 0 Å². The average Bonchev–Trinajstić information content (AvgIpc) is 2.80. The number of rotatable bonds is 6. The van der Waals surface area contributed by atoms with Crippen LogP contribution in [0.3, 0.4) is 0 Å². The number of halogens is 1. The number of hydrogen-bond donors (Lipinski definition) is 3. The van der Waals surface area contributed by atoms with Gasteiger partial charge in [-0.25, -0.2) is 9.78 Å². The second-order valence-electron chi connectivity index (χ2n) is 9.07. The Hall–Kier alpha value is -2.99. The topological polar surface area (TPSA) is 69.3 Å². The van der Waals surface area contributed by atoms with Gasteiger partial charge in [0, 0.05) is 43.8 Å². The van der Waals surface area contributed by atoms with Crippen molar-refractivity contribution in [2.75, 3.05) is 36.2 Å². The standard InChI is InChI=1S/C26H32ClN5O/c1-17-7-6-9-21(27)25(17)31-26(33)28-16-18-11-13-19(14-12-18)29-24-15-23(32(2)3)20-8-4-5-10-22(20)30-24/h4-10,15,18-19H,11-14,16H2,1-3H3,(H,29,30)(H2,28,31,33)/t18-,19+. The highest BCUT2D eigenvalue weighted by atomic mass is 35.5. The molecule has 33 heavy (non-hydrogen) atoms. The molecule has 0 radical (unpaired) electrons. The number of para-hydroxylation sites is 2. The largest absolute Gasteiger partial charge is 0.377 e. The maximum absolute atomic E-state index is 12.4. The number of hydrogen-bond acceptors (Lipinski definition) is 4. The molecule has 6 nitrogen and oxygen atoms in total. The lowest BCUT2D eigenvalue weighted by Gasteiger charge is -2.30. The Morgan fingerprint density at radius 2 is 1.85 bits per heavy atom. The summed E-state index contributed by atoms with van der Waals surface area (Å²) < 4.78 is 0. The molecule has 0 unspecified atom stereocenters. The third-order valence-electron chi connectivity index (χ3n) is 6.39. The van der Waals surface area contributed by atoms with Gasteiger partial charge < -0.3 is 20.9 Å². The molecule has 0 saturated heterocycles. The van der Waals surface area contributed by atoms with Crippen LogP contribution in [0.2, 0.25) is 5.02 Å². The van der Waals surface area contributed by atoms with E-state index in [4.69, 9.17) is 16.6 Å². The van der Waals surface area contributed by atoms with E-state index in [-0.39, 0.29) is 6.03 Å². The van der Waals surface area contributed by atoms with Crippen LogP contribution >= 0.6 is 11.6 Å². The fourth-order valence-electron chi connectivity index (χ4n) is 4.51. The van der Waals surface area contributed by atoms with Crippen molar-refractivity contribution in [2.24, 2.45) is 5.92 Å².